The largest absolute Gasteiger partial charge is 0.504 e. The van der Waals surface area contributed by atoms with Crippen LogP contribution < -0.4 is 18.9 Å². The van der Waals surface area contributed by atoms with Crippen LogP contribution in [0.5, 0.6) is 57.5 Å². The molecule has 94 heavy (non-hydrogen) atoms. The van der Waals surface area contributed by atoms with Crippen molar-refractivity contribution < 1.29 is 110 Å². The van der Waals surface area contributed by atoms with Crippen LogP contribution in [0.1, 0.15) is 137 Å². The second kappa shape index (κ2) is 21.8. The molecule has 0 fully saturated rings. The van der Waals surface area contributed by atoms with Gasteiger partial charge in [-0.15, -0.1) is 0 Å². The van der Waals surface area contributed by atoms with Gasteiger partial charge in [-0.3, -0.25) is 0 Å². The highest BCUT2D eigenvalue weighted by Crippen LogP contribution is 2.68. The topological polar surface area (TPSA) is 118 Å². The summed E-state index contributed by atoms with van der Waals surface area (Å²) in [7, 11) is 3.15. The van der Waals surface area contributed by atoms with Gasteiger partial charge in [-0.05, 0) is 165 Å². The third-order valence-electron chi connectivity index (χ3n) is 19.2. The van der Waals surface area contributed by atoms with Gasteiger partial charge in [0, 0.05) is 10.8 Å². The van der Waals surface area contributed by atoms with Crippen molar-refractivity contribution >= 4 is 0 Å². The number of hydrogen-bond donors (Lipinski definition) is 4. The van der Waals surface area contributed by atoms with Crippen LogP contribution in [0.2, 0.25) is 0 Å². The minimum atomic E-state index is -2.68. The Bertz CT molecular complexity index is 4420. The Hall–Kier alpha value is -8.96. The second-order valence-electron chi connectivity index (χ2n) is 26.9. The summed E-state index contributed by atoms with van der Waals surface area (Å²) in [6.07, 6.45) is 3.02. The van der Waals surface area contributed by atoms with E-state index in [9.17, 15) is 68.7 Å². The first-order valence-electron chi connectivity index (χ1n) is 28.9. The van der Waals surface area contributed by atoms with Crippen molar-refractivity contribution in [2.75, 3.05) is 14.2 Å². The summed E-state index contributed by atoms with van der Waals surface area (Å²) in [6, 6.07) is 14.1. The lowest BCUT2D eigenvalue weighted by atomic mass is 9.72. The summed E-state index contributed by atoms with van der Waals surface area (Å²) >= 11 is 0. The first kappa shape index (κ1) is 66.5. The molecule has 1 aliphatic heterocycles. The molecule has 1 atom stereocenters. The molecule has 24 heteroatoms. The van der Waals surface area contributed by atoms with Crippen LogP contribution in [0, 0.1) is 107 Å². The highest BCUT2D eigenvalue weighted by Gasteiger charge is 2.59. The van der Waals surface area contributed by atoms with Gasteiger partial charge in [0.2, 0.25) is 29.0 Å². The van der Waals surface area contributed by atoms with Crippen molar-refractivity contribution in [2.24, 2.45) is 0 Å². The number of benzene rings is 8. The smallest absolute Gasteiger partial charge is 0.211 e. The van der Waals surface area contributed by atoms with Crippen LogP contribution in [0.15, 0.2) is 48.5 Å². The van der Waals surface area contributed by atoms with Crippen LogP contribution >= 0.6 is 0 Å². The minimum absolute atomic E-state index is 0.00855. The second-order valence-corrected chi connectivity index (χ2v) is 26.9. The third kappa shape index (κ3) is 9.46. The van der Waals surface area contributed by atoms with Gasteiger partial charge in [0.05, 0.1) is 36.5 Å². The molecule has 0 saturated carbocycles. The quantitative estimate of drug-likeness (QED) is 0.0596. The Balaban J connectivity index is 0.000000161. The summed E-state index contributed by atoms with van der Waals surface area (Å²) in [5.41, 5.74) is -2.07. The van der Waals surface area contributed by atoms with E-state index in [1.54, 1.807) is 50.6 Å². The summed E-state index contributed by atoms with van der Waals surface area (Å²) in [5, 5.41) is 40.3. The monoisotopic (exact) mass is 1330 g/mol. The molecule has 4 aliphatic carbocycles. The standard InChI is InChI=1S/C37H32F6O4.C21H24O4.C12F10/c1-15-16(2)28(39)29(40)25(27(15)38)26-30(41)32(43)34-33(31(26)42)46-23-10-18-20(12-24(23)47-34)37(14-36(18,5)6)13-35(3,4)17-9-21(44-7)22(45-8)11-19(17)37;1-19(2)9-21(13-7-17(24)15(22)5-11(13)19)10-20(3,4)12-6-16(23)18(25)8-14(12)21;13-3-1(4(14)8(18)11(21)7(3)17)2-5(15)9(19)12(22)10(20)6(2)16/h9-12H,13-14H2,1-8H3;5-8,22-25H,9-10H2,1-4H3;. The van der Waals surface area contributed by atoms with E-state index in [1.165, 1.54) is 0 Å². The zero-order chi connectivity index (χ0) is 69.4. The maximum Gasteiger partial charge on any atom is 0.211 e. The van der Waals surface area contributed by atoms with E-state index < -0.39 is 138 Å². The van der Waals surface area contributed by atoms with E-state index >= 15 is 22.0 Å². The SMILES string of the molecule is CC1(C)CC2(CC(C)(C)c3cc(O)c(O)cc32)c2cc(O)c(O)cc21.COc1cc2c(cc1OC)C1(CC2(C)C)CC(C)(C)c2cc3c(cc21)Oc1c(F)c(F)c(-c2c(F)c(C)c(C)c(F)c2F)c(F)c1O3.Fc1c(F)c(F)c(-c2c(F)c(F)c(F)c(F)c2F)c(F)c1F. The fourth-order valence-corrected chi connectivity index (χ4v) is 15.1. The third-order valence-corrected chi connectivity index (χ3v) is 19.2. The molecule has 4 N–H and O–H groups in total. The predicted molar refractivity (Wildman–Crippen MR) is 310 cm³/mol. The van der Waals surface area contributed by atoms with Gasteiger partial charge in [-0.25, -0.2) is 65.9 Å². The van der Waals surface area contributed by atoms with E-state index in [1.807, 2.05) is 12.1 Å². The van der Waals surface area contributed by atoms with Crippen LogP contribution in [0.4, 0.5) is 70.2 Å². The summed E-state index contributed by atoms with van der Waals surface area (Å²) < 4.78 is 246. The number of fused-ring (bicyclic) bond motifs is 10. The number of ether oxygens (including phenoxy) is 4. The first-order chi connectivity index (χ1) is 43.6. The molecule has 0 saturated heterocycles. The Morgan fingerprint density at radius 3 is 0.904 bits per heavy atom. The summed E-state index contributed by atoms with van der Waals surface area (Å²) in [4.78, 5) is 0. The molecule has 0 radical (unpaired) electrons. The maximum absolute atomic E-state index is 16.1. The molecule has 8 aromatic carbocycles. The summed E-state index contributed by atoms with van der Waals surface area (Å²) in [5.74, 6) is -37.8. The number of halogens is 16. The zero-order valence-electron chi connectivity index (χ0n) is 51.9. The number of methoxy groups -OCH3 is 2. The van der Waals surface area contributed by atoms with Crippen molar-refractivity contribution in [1.82, 2.24) is 0 Å². The number of aromatic hydroxyl groups is 4. The van der Waals surface area contributed by atoms with Gasteiger partial charge in [0.1, 0.15) is 5.82 Å². The molecular weight excluding hydrogens is 1270 g/mol. The predicted octanol–water partition coefficient (Wildman–Crippen LogP) is 19.3. The van der Waals surface area contributed by atoms with E-state index in [-0.39, 0.29) is 67.3 Å². The first-order valence-corrected chi connectivity index (χ1v) is 28.9. The average molecular weight is 1330 g/mol. The van der Waals surface area contributed by atoms with Gasteiger partial charge in [-0.2, -0.15) is 4.39 Å². The van der Waals surface area contributed by atoms with Crippen molar-refractivity contribution in [3.05, 3.63) is 197 Å². The van der Waals surface area contributed by atoms with Crippen molar-refractivity contribution in [3.8, 4) is 79.7 Å². The minimum Gasteiger partial charge on any atom is -0.504 e. The molecule has 1 unspecified atom stereocenters. The summed E-state index contributed by atoms with van der Waals surface area (Å²) in [6.45, 7) is 19.3. The molecular formula is C70H56F16O8. The van der Waals surface area contributed by atoms with Crippen molar-refractivity contribution in [1.29, 1.82) is 0 Å². The number of rotatable bonds is 4. The number of hydrogen-bond acceptors (Lipinski definition) is 8. The number of phenolic OH excluding ortho intramolecular Hbond substituents is 4. The molecule has 0 amide bonds. The lowest BCUT2D eigenvalue weighted by Gasteiger charge is -2.31. The van der Waals surface area contributed by atoms with Gasteiger partial charge >= 0.3 is 0 Å². The lowest BCUT2D eigenvalue weighted by Crippen LogP contribution is -2.27. The van der Waals surface area contributed by atoms with Crippen LogP contribution in [-0.4, -0.2) is 34.6 Å². The van der Waals surface area contributed by atoms with Crippen LogP contribution in [0.3, 0.4) is 0 Å². The van der Waals surface area contributed by atoms with Crippen molar-refractivity contribution in [3.63, 3.8) is 0 Å². The Morgan fingerprint density at radius 1 is 0.298 bits per heavy atom. The van der Waals surface area contributed by atoms with Gasteiger partial charge in [-0.1, -0.05) is 55.4 Å². The molecule has 8 nitrogen and oxygen atoms in total. The fraction of sp³-hybridized carbons (Fsp3) is 0.314. The highest BCUT2D eigenvalue weighted by atomic mass is 19.2. The molecule has 496 valence electrons. The van der Waals surface area contributed by atoms with E-state index in [0.717, 1.165) is 71.2 Å². The molecule has 5 aliphatic rings. The Labute approximate surface area is 526 Å². The molecule has 0 aromatic heterocycles. The zero-order valence-corrected chi connectivity index (χ0v) is 51.9. The number of phenols is 4. The normalized spacial score (nSPS) is 18.0. The van der Waals surface area contributed by atoms with E-state index in [4.69, 9.17) is 18.9 Å². The molecule has 8 aromatic rings. The van der Waals surface area contributed by atoms with Crippen molar-refractivity contribution in [2.45, 2.75) is 127 Å². The average Bonchev–Trinajstić information content (AvgIpc) is 1.53. The molecule has 0 bridgehead atoms. The molecule has 13 rings (SSSR count). The van der Waals surface area contributed by atoms with Crippen LogP contribution in [-0.2, 0) is 32.5 Å². The maximum atomic E-state index is 16.1. The molecule has 2 spiro atoms. The van der Waals surface area contributed by atoms with Gasteiger partial charge in [0.25, 0.3) is 0 Å². The van der Waals surface area contributed by atoms with Gasteiger partial charge < -0.3 is 39.4 Å². The Morgan fingerprint density at radius 2 is 0.532 bits per heavy atom. The highest BCUT2D eigenvalue weighted by molar-refractivity contribution is 5.75. The van der Waals surface area contributed by atoms with Gasteiger partial charge in [0.15, 0.2) is 116 Å². The van der Waals surface area contributed by atoms with E-state index in [0.29, 0.717) is 24.3 Å². The lowest BCUT2D eigenvalue weighted by molar-refractivity contribution is 0.316. The fourth-order valence-electron chi connectivity index (χ4n) is 15.1. The van der Waals surface area contributed by atoms with Crippen LogP contribution in [0.25, 0.3) is 22.3 Å². The van der Waals surface area contributed by atoms with E-state index in [2.05, 4.69) is 55.4 Å². The Kier molecular flexibility index (Phi) is 15.4. The molecule has 1 heterocycles.